The molecule has 3 rings (SSSR count). The van der Waals surface area contributed by atoms with E-state index in [0.717, 1.165) is 0 Å². The van der Waals surface area contributed by atoms with Crippen molar-refractivity contribution in [1.82, 2.24) is 0 Å². The van der Waals surface area contributed by atoms with E-state index in [9.17, 15) is 52.7 Å². The van der Waals surface area contributed by atoms with E-state index < -0.39 is 47.4 Å². The van der Waals surface area contributed by atoms with Gasteiger partial charge in [0.2, 0.25) is 0 Å². The molecule has 3 fully saturated rings. The van der Waals surface area contributed by atoms with Gasteiger partial charge in [0, 0.05) is 0 Å². The Labute approximate surface area is 101 Å². The van der Waals surface area contributed by atoms with Crippen LogP contribution in [0.25, 0.3) is 0 Å². The zero-order valence-corrected chi connectivity index (χ0v) is 8.74. The Hall–Kier alpha value is -0.840. The molecule has 0 aromatic rings. The summed E-state index contributed by atoms with van der Waals surface area (Å²) >= 11 is 0. The summed E-state index contributed by atoms with van der Waals surface area (Å²) in [4.78, 5) is 0. The van der Waals surface area contributed by atoms with Gasteiger partial charge in [-0.1, -0.05) is 0 Å². The lowest BCUT2D eigenvalue weighted by Gasteiger charge is -2.62. The van der Waals surface area contributed by atoms with Crippen LogP contribution in [0.2, 0.25) is 0 Å². The Balaban J connectivity index is 2.94. The van der Waals surface area contributed by atoms with Crippen LogP contribution in [0.5, 0.6) is 0 Å². The van der Waals surface area contributed by atoms with E-state index in [-0.39, 0.29) is 0 Å². The molecule has 118 valence electrons. The fourth-order valence-corrected chi connectivity index (χ4v) is 2.43. The third kappa shape index (κ3) is 0.965. The smallest absolute Gasteiger partial charge is 0.230 e. The maximum Gasteiger partial charge on any atom is 0.359 e. The lowest BCUT2D eigenvalue weighted by Crippen LogP contribution is -2.93. The number of fused-ring (bicyclic) bond motifs is 3. The van der Waals surface area contributed by atoms with Gasteiger partial charge in [-0.3, -0.25) is 0 Å². The van der Waals surface area contributed by atoms with Gasteiger partial charge >= 0.3 is 29.4 Å². The average Bonchev–Trinajstić information content (AvgIpc) is 2.22. The lowest BCUT2D eigenvalue weighted by atomic mass is 9.56. The molecule has 2 bridgehead atoms. The van der Waals surface area contributed by atoms with Crippen molar-refractivity contribution in [1.29, 1.82) is 0 Å². The summed E-state index contributed by atoms with van der Waals surface area (Å²) in [6.07, 6.45) is -3.50. The molecule has 0 amide bonds. The van der Waals surface area contributed by atoms with Crippen LogP contribution in [0.4, 0.5) is 52.7 Å². The van der Waals surface area contributed by atoms with Crippen molar-refractivity contribution >= 4 is 0 Å². The van der Waals surface area contributed by atoms with Crippen molar-refractivity contribution in [2.24, 2.45) is 0 Å². The minimum absolute atomic E-state index is 3.50. The van der Waals surface area contributed by atoms with Gasteiger partial charge in [-0.15, -0.1) is 0 Å². The minimum Gasteiger partial charge on any atom is -0.230 e. The van der Waals surface area contributed by atoms with Crippen LogP contribution in [0, 0.1) is 0 Å². The second kappa shape index (κ2) is 3.01. The minimum atomic E-state index is -7.04. The van der Waals surface area contributed by atoms with Gasteiger partial charge in [0.1, 0.15) is 0 Å². The summed E-state index contributed by atoms with van der Waals surface area (Å²) in [5.41, 5.74) is -13.2. The number of hydrogen-bond acceptors (Lipinski definition) is 0. The fourth-order valence-electron chi connectivity index (χ4n) is 2.43. The normalized spacial score (nSPS) is 46.2. The van der Waals surface area contributed by atoms with Gasteiger partial charge in [0.15, 0.2) is 0 Å². The third-order valence-corrected chi connectivity index (χ3v) is 3.62. The molecule has 3 aliphatic rings. The summed E-state index contributed by atoms with van der Waals surface area (Å²) in [6, 6.07) is 0. The summed E-state index contributed by atoms with van der Waals surface area (Å²) in [5, 5.41) is 0. The summed E-state index contributed by atoms with van der Waals surface area (Å²) < 4.78 is 157. The van der Waals surface area contributed by atoms with E-state index in [4.69, 9.17) is 0 Å². The molecule has 20 heavy (non-hydrogen) atoms. The Morgan fingerprint density at radius 2 is 0.750 bits per heavy atom. The molecule has 0 spiro atoms. The van der Waals surface area contributed by atoms with Crippen LogP contribution < -0.4 is 0 Å². The number of alkyl halides is 12. The molecule has 0 saturated heterocycles. The van der Waals surface area contributed by atoms with Crippen LogP contribution >= 0.6 is 0 Å². The van der Waals surface area contributed by atoms with E-state index in [1.54, 1.807) is 0 Å². The van der Waals surface area contributed by atoms with E-state index in [1.165, 1.54) is 0 Å². The first-order valence-electron chi connectivity index (χ1n) is 4.72. The summed E-state index contributed by atoms with van der Waals surface area (Å²) in [5.74, 6) is -33.7. The summed E-state index contributed by atoms with van der Waals surface area (Å²) in [7, 11) is 0. The molecule has 0 N–H and O–H groups in total. The van der Waals surface area contributed by atoms with Gasteiger partial charge in [0.25, 0.3) is 11.6 Å². The van der Waals surface area contributed by atoms with Crippen molar-refractivity contribution < 1.29 is 52.7 Å². The lowest BCUT2D eigenvalue weighted by molar-refractivity contribution is -0.521. The topological polar surface area (TPSA) is 0 Å². The molecule has 0 aromatic carbocycles. The maximum atomic E-state index is 13.5. The van der Waals surface area contributed by atoms with Gasteiger partial charge in [-0.25, -0.2) is 17.6 Å². The molecule has 0 aromatic heterocycles. The molecule has 0 radical (unpaired) electrons. The van der Waals surface area contributed by atoms with Crippen LogP contribution in [0.1, 0.15) is 6.42 Å². The van der Waals surface area contributed by atoms with Crippen LogP contribution in [0.3, 0.4) is 0 Å². The van der Waals surface area contributed by atoms with Crippen molar-refractivity contribution in [3.63, 3.8) is 0 Å². The molecule has 0 aliphatic heterocycles. The Morgan fingerprint density at radius 3 is 1.05 bits per heavy atom. The monoisotopic (exact) mass is 326 g/mol. The standard InChI is InChI=1S/C8H2F12/c9-2-1-3(10,11)4(12,7(17,18)5(2,13)14)8(19,20)6(2,15)16/h1H2. The van der Waals surface area contributed by atoms with Crippen molar-refractivity contribution in [3.8, 4) is 0 Å². The second-order valence-electron chi connectivity index (χ2n) is 4.64. The van der Waals surface area contributed by atoms with Gasteiger partial charge < -0.3 is 0 Å². The largest absolute Gasteiger partial charge is 0.359 e. The Kier molecular flexibility index (Phi) is 2.34. The van der Waals surface area contributed by atoms with E-state index in [2.05, 4.69) is 0 Å². The highest BCUT2D eigenvalue weighted by atomic mass is 19.4. The SMILES string of the molecule is FC1(F)CC2(F)C(F)(F)C(F)(F)C1(F)C(F)(F)C2(F)F. The van der Waals surface area contributed by atoms with Crippen molar-refractivity contribution in [2.45, 2.75) is 47.4 Å². The predicted octanol–water partition coefficient (Wildman–Crippen LogP) is 4.00. The van der Waals surface area contributed by atoms with Crippen molar-refractivity contribution in [2.75, 3.05) is 0 Å². The quantitative estimate of drug-likeness (QED) is 0.591. The maximum absolute atomic E-state index is 13.5. The number of rotatable bonds is 0. The summed E-state index contributed by atoms with van der Waals surface area (Å²) in [6.45, 7) is 0. The van der Waals surface area contributed by atoms with Crippen LogP contribution in [0.15, 0.2) is 0 Å². The third-order valence-electron chi connectivity index (χ3n) is 3.62. The molecule has 0 nitrogen and oxygen atoms in total. The molecule has 12 heteroatoms. The number of hydrogen-bond donors (Lipinski definition) is 0. The Bertz CT molecular complexity index is 434. The molecule has 0 unspecified atom stereocenters. The average molecular weight is 326 g/mol. The highest BCUT2D eigenvalue weighted by Crippen LogP contribution is 2.78. The van der Waals surface area contributed by atoms with Gasteiger partial charge in [-0.05, 0) is 0 Å². The van der Waals surface area contributed by atoms with Crippen LogP contribution in [-0.2, 0) is 0 Å². The van der Waals surface area contributed by atoms with Crippen molar-refractivity contribution in [3.05, 3.63) is 0 Å². The molecule has 3 aliphatic carbocycles. The molecule has 3 saturated carbocycles. The van der Waals surface area contributed by atoms with E-state index in [1.807, 2.05) is 0 Å². The zero-order valence-electron chi connectivity index (χ0n) is 8.74. The first kappa shape index (κ1) is 15.5. The molecular weight excluding hydrogens is 324 g/mol. The highest BCUT2D eigenvalue weighted by molar-refractivity contribution is 5.37. The molecular formula is C8H2F12. The van der Waals surface area contributed by atoms with E-state index >= 15 is 0 Å². The fraction of sp³-hybridized carbons (Fsp3) is 1.00. The van der Waals surface area contributed by atoms with E-state index in [0.29, 0.717) is 0 Å². The first-order chi connectivity index (χ1) is 8.46. The van der Waals surface area contributed by atoms with Gasteiger partial charge in [0.05, 0.1) is 6.42 Å². The molecule has 0 atom stereocenters. The Morgan fingerprint density at radius 1 is 0.450 bits per heavy atom. The van der Waals surface area contributed by atoms with Gasteiger partial charge in [-0.2, -0.15) is 35.1 Å². The zero-order chi connectivity index (χ0) is 16.2. The number of halogens is 12. The molecule has 0 heterocycles. The van der Waals surface area contributed by atoms with Crippen LogP contribution in [-0.4, -0.2) is 41.0 Å². The first-order valence-corrected chi connectivity index (χ1v) is 4.72. The second-order valence-corrected chi connectivity index (χ2v) is 4.64. The highest BCUT2D eigenvalue weighted by Gasteiger charge is 3.08. The predicted molar refractivity (Wildman–Crippen MR) is 37.0 cm³/mol.